The lowest BCUT2D eigenvalue weighted by Crippen LogP contribution is -2.13. The highest BCUT2D eigenvalue weighted by molar-refractivity contribution is 5.53. The fourth-order valence-corrected chi connectivity index (χ4v) is 1.72. The third kappa shape index (κ3) is 2.21. The van der Waals surface area contributed by atoms with Gasteiger partial charge in [0.05, 0.1) is 0 Å². The Kier molecular flexibility index (Phi) is 3.63. The molecule has 2 N–H and O–H groups in total. The van der Waals surface area contributed by atoms with Crippen LogP contribution < -0.4 is 0 Å². The van der Waals surface area contributed by atoms with Crippen LogP contribution in [0.15, 0.2) is 24.8 Å². The van der Waals surface area contributed by atoms with E-state index in [0.29, 0.717) is 5.56 Å². The third-order valence-electron chi connectivity index (χ3n) is 2.96. The summed E-state index contributed by atoms with van der Waals surface area (Å²) in [5.74, 6) is -0.00914. The van der Waals surface area contributed by atoms with E-state index >= 15 is 0 Å². The van der Waals surface area contributed by atoms with E-state index in [0.717, 1.165) is 18.4 Å². The summed E-state index contributed by atoms with van der Waals surface area (Å²) in [5.41, 5.74) is 1.16. The number of hydrogen-bond donors (Lipinski definition) is 2. The molecule has 0 fully saturated rings. The minimum absolute atomic E-state index is 0.00859. The van der Waals surface area contributed by atoms with Gasteiger partial charge in [-0.1, -0.05) is 45.4 Å². The fraction of sp³-hybridized carbons (Fsp3) is 0.429. The Hall–Kier alpha value is -1.44. The Labute approximate surface area is 97.2 Å². The molecule has 0 radical (unpaired) electrons. The van der Waals surface area contributed by atoms with Gasteiger partial charge in [-0.2, -0.15) is 0 Å². The summed E-state index contributed by atoms with van der Waals surface area (Å²) >= 11 is 0. The van der Waals surface area contributed by atoms with Gasteiger partial charge in [0.15, 0.2) is 11.5 Å². The minimum atomic E-state index is -0.341. The number of allylic oxidation sites excluding steroid dienone is 1. The Morgan fingerprint density at radius 2 is 1.88 bits per heavy atom. The van der Waals surface area contributed by atoms with Crippen molar-refractivity contribution in [2.24, 2.45) is 0 Å². The van der Waals surface area contributed by atoms with Crippen molar-refractivity contribution in [3.63, 3.8) is 0 Å². The van der Waals surface area contributed by atoms with E-state index in [-0.39, 0.29) is 16.9 Å². The summed E-state index contributed by atoms with van der Waals surface area (Å²) in [6.07, 6.45) is 3.48. The van der Waals surface area contributed by atoms with Crippen molar-refractivity contribution in [2.45, 2.75) is 39.0 Å². The van der Waals surface area contributed by atoms with Crippen LogP contribution in [0.1, 0.15) is 38.3 Å². The van der Waals surface area contributed by atoms with Crippen molar-refractivity contribution in [2.75, 3.05) is 0 Å². The van der Waals surface area contributed by atoms with Crippen molar-refractivity contribution < 1.29 is 10.2 Å². The summed E-state index contributed by atoms with van der Waals surface area (Å²) in [6, 6.07) is 3.74. The van der Waals surface area contributed by atoms with Crippen LogP contribution in [0.2, 0.25) is 0 Å². The molecule has 0 aliphatic carbocycles. The van der Waals surface area contributed by atoms with Crippen LogP contribution in [0.5, 0.6) is 11.5 Å². The Morgan fingerprint density at radius 3 is 2.38 bits per heavy atom. The second-order valence-corrected chi connectivity index (χ2v) is 4.65. The van der Waals surface area contributed by atoms with Crippen LogP contribution >= 0.6 is 0 Å². The first-order valence-electron chi connectivity index (χ1n) is 5.62. The van der Waals surface area contributed by atoms with Crippen molar-refractivity contribution >= 4 is 0 Å². The number of benzene rings is 1. The van der Waals surface area contributed by atoms with Gasteiger partial charge in [-0.3, -0.25) is 0 Å². The lowest BCUT2D eigenvalue weighted by Gasteiger charge is -2.22. The van der Waals surface area contributed by atoms with Crippen LogP contribution in [0, 0.1) is 0 Å². The van der Waals surface area contributed by atoms with E-state index in [9.17, 15) is 10.2 Å². The van der Waals surface area contributed by atoms with E-state index in [1.54, 1.807) is 6.08 Å². The molecule has 0 aromatic heterocycles. The molecule has 0 saturated heterocycles. The standard InChI is InChI=1S/C14H20O2/c1-5-7-10-8-9-11(13(16)12(10)15)14(3,4)6-2/h6,8-9,15-16H,2,5,7H2,1,3-4H3. The van der Waals surface area contributed by atoms with Gasteiger partial charge in [-0.05, 0) is 12.0 Å². The third-order valence-corrected chi connectivity index (χ3v) is 2.96. The average molecular weight is 220 g/mol. The molecule has 0 aliphatic rings. The average Bonchev–Trinajstić information content (AvgIpc) is 2.25. The summed E-state index contributed by atoms with van der Waals surface area (Å²) in [6.45, 7) is 9.69. The molecule has 0 aliphatic heterocycles. The number of phenolic OH excluding ortho intramolecular Hbond substituents is 2. The highest BCUT2D eigenvalue weighted by Gasteiger charge is 2.23. The van der Waals surface area contributed by atoms with E-state index in [1.807, 2.05) is 32.9 Å². The van der Waals surface area contributed by atoms with Gasteiger partial charge in [0.2, 0.25) is 0 Å². The monoisotopic (exact) mass is 220 g/mol. The second-order valence-electron chi connectivity index (χ2n) is 4.65. The summed E-state index contributed by atoms with van der Waals surface area (Å²) in [5, 5.41) is 19.9. The van der Waals surface area contributed by atoms with Gasteiger partial charge in [-0.25, -0.2) is 0 Å². The molecule has 0 atom stereocenters. The number of phenols is 2. The van der Waals surface area contributed by atoms with E-state index in [1.165, 1.54) is 0 Å². The fourth-order valence-electron chi connectivity index (χ4n) is 1.72. The van der Waals surface area contributed by atoms with Crippen LogP contribution in [0.25, 0.3) is 0 Å². The molecule has 0 saturated carbocycles. The zero-order chi connectivity index (χ0) is 12.3. The molecular weight excluding hydrogens is 200 g/mol. The maximum atomic E-state index is 9.97. The highest BCUT2D eigenvalue weighted by atomic mass is 16.3. The molecule has 0 heterocycles. The SMILES string of the molecule is C=CC(C)(C)c1ccc(CCC)c(O)c1O. The molecule has 0 bridgehead atoms. The molecule has 1 aromatic rings. The summed E-state index contributed by atoms with van der Waals surface area (Å²) in [7, 11) is 0. The van der Waals surface area contributed by atoms with Gasteiger partial charge in [0.25, 0.3) is 0 Å². The lowest BCUT2D eigenvalue weighted by molar-refractivity contribution is 0.388. The number of aromatic hydroxyl groups is 2. The van der Waals surface area contributed by atoms with Crippen molar-refractivity contribution in [3.05, 3.63) is 35.9 Å². The largest absolute Gasteiger partial charge is 0.504 e. The summed E-state index contributed by atoms with van der Waals surface area (Å²) in [4.78, 5) is 0. The van der Waals surface area contributed by atoms with Crippen molar-refractivity contribution in [3.8, 4) is 11.5 Å². The number of hydrogen-bond acceptors (Lipinski definition) is 2. The van der Waals surface area contributed by atoms with Crippen molar-refractivity contribution in [1.82, 2.24) is 0 Å². The van der Waals surface area contributed by atoms with E-state index < -0.39 is 0 Å². The van der Waals surface area contributed by atoms with Crippen LogP contribution in [0.3, 0.4) is 0 Å². The van der Waals surface area contributed by atoms with Gasteiger partial charge in [-0.15, -0.1) is 6.58 Å². The Balaban J connectivity index is 3.27. The molecule has 16 heavy (non-hydrogen) atoms. The van der Waals surface area contributed by atoms with E-state index in [2.05, 4.69) is 6.58 Å². The van der Waals surface area contributed by atoms with Crippen LogP contribution in [-0.2, 0) is 11.8 Å². The van der Waals surface area contributed by atoms with Gasteiger partial charge in [0, 0.05) is 11.0 Å². The Morgan fingerprint density at radius 1 is 1.25 bits per heavy atom. The first kappa shape index (κ1) is 12.6. The zero-order valence-corrected chi connectivity index (χ0v) is 10.2. The predicted octanol–water partition coefficient (Wildman–Crippen LogP) is 3.51. The highest BCUT2D eigenvalue weighted by Crippen LogP contribution is 2.40. The van der Waals surface area contributed by atoms with E-state index in [4.69, 9.17) is 0 Å². The van der Waals surface area contributed by atoms with Gasteiger partial charge < -0.3 is 10.2 Å². The molecule has 88 valence electrons. The quantitative estimate of drug-likeness (QED) is 0.602. The van der Waals surface area contributed by atoms with Crippen LogP contribution in [-0.4, -0.2) is 10.2 Å². The van der Waals surface area contributed by atoms with Crippen molar-refractivity contribution in [1.29, 1.82) is 0 Å². The first-order valence-corrected chi connectivity index (χ1v) is 5.62. The minimum Gasteiger partial charge on any atom is -0.504 e. The van der Waals surface area contributed by atoms with Gasteiger partial charge >= 0.3 is 0 Å². The van der Waals surface area contributed by atoms with Gasteiger partial charge in [0.1, 0.15) is 0 Å². The molecule has 0 amide bonds. The number of rotatable bonds is 4. The topological polar surface area (TPSA) is 40.5 Å². The molecule has 0 unspecified atom stereocenters. The zero-order valence-electron chi connectivity index (χ0n) is 10.2. The normalized spacial score (nSPS) is 11.4. The molecule has 2 nitrogen and oxygen atoms in total. The predicted molar refractivity (Wildman–Crippen MR) is 67.0 cm³/mol. The maximum Gasteiger partial charge on any atom is 0.161 e. The maximum absolute atomic E-state index is 9.97. The molecule has 1 aromatic carbocycles. The second kappa shape index (κ2) is 4.60. The first-order chi connectivity index (χ1) is 7.44. The molecule has 2 heteroatoms. The molecule has 1 rings (SSSR count). The number of aryl methyl sites for hydroxylation is 1. The molecule has 0 spiro atoms. The van der Waals surface area contributed by atoms with Crippen LogP contribution in [0.4, 0.5) is 0 Å². The lowest BCUT2D eigenvalue weighted by atomic mass is 9.83. The smallest absolute Gasteiger partial charge is 0.161 e. The summed E-state index contributed by atoms with van der Waals surface area (Å²) < 4.78 is 0. The Bertz CT molecular complexity index is 392. The molecular formula is C14H20O2.